The second-order valence-corrected chi connectivity index (χ2v) is 2.66. The molecule has 0 amide bonds. The third-order valence-electron chi connectivity index (χ3n) is 1.81. The van der Waals surface area contributed by atoms with Gasteiger partial charge in [0.2, 0.25) is 0 Å². The fourth-order valence-corrected chi connectivity index (χ4v) is 1.03. The highest BCUT2D eigenvalue weighted by Gasteiger charge is 2.06. The monoisotopic (exact) mass is 181 g/mol. The number of nitrogens with two attached hydrogens (primary N) is 1. The van der Waals surface area contributed by atoms with Crippen LogP contribution in [0.1, 0.15) is 11.6 Å². The molecule has 0 saturated heterocycles. The predicted molar refractivity (Wildman–Crippen MR) is 50.1 cm³/mol. The van der Waals surface area contributed by atoms with E-state index in [-0.39, 0.29) is 11.8 Å². The number of halogens is 1. The van der Waals surface area contributed by atoms with Gasteiger partial charge in [-0.05, 0) is 17.7 Å². The molecule has 0 aliphatic carbocycles. The van der Waals surface area contributed by atoms with E-state index in [1.165, 1.54) is 13.2 Å². The molecule has 13 heavy (non-hydrogen) atoms. The summed E-state index contributed by atoms with van der Waals surface area (Å²) in [6.45, 7) is 3.53. The summed E-state index contributed by atoms with van der Waals surface area (Å²) in [5, 5.41) is 0. The number of benzene rings is 1. The van der Waals surface area contributed by atoms with Crippen LogP contribution in [-0.4, -0.2) is 7.11 Å². The van der Waals surface area contributed by atoms with Gasteiger partial charge in [0.15, 0.2) is 11.6 Å². The van der Waals surface area contributed by atoms with Crippen molar-refractivity contribution in [1.29, 1.82) is 0 Å². The first-order chi connectivity index (χ1) is 6.19. The Bertz CT molecular complexity index is 312. The van der Waals surface area contributed by atoms with Gasteiger partial charge in [-0.15, -0.1) is 6.58 Å². The molecule has 2 N–H and O–H groups in total. The van der Waals surface area contributed by atoms with E-state index >= 15 is 0 Å². The molecule has 0 heterocycles. The van der Waals surface area contributed by atoms with Crippen molar-refractivity contribution in [3.8, 4) is 5.75 Å². The van der Waals surface area contributed by atoms with E-state index in [0.717, 1.165) is 0 Å². The lowest BCUT2D eigenvalue weighted by Crippen LogP contribution is -2.06. The van der Waals surface area contributed by atoms with Crippen LogP contribution >= 0.6 is 0 Å². The maximum atomic E-state index is 13.1. The second-order valence-electron chi connectivity index (χ2n) is 2.66. The number of hydrogen-bond acceptors (Lipinski definition) is 2. The van der Waals surface area contributed by atoms with Gasteiger partial charge in [0.1, 0.15) is 0 Å². The molecule has 0 spiro atoms. The first-order valence-corrected chi connectivity index (χ1v) is 3.90. The fraction of sp³-hybridized carbons (Fsp3) is 0.200. The third-order valence-corrected chi connectivity index (χ3v) is 1.81. The van der Waals surface area contributed by atoms with Gasteiger partial charge in [0, 0.05) is 6.04 Å². The molecule has 0 radical (unpaired) electrons. The Morgan fingerprint density at radius 1 is 1.62 bits per heavy atom. The van der Waals surface area contributed by atoms with Crippen molar-refractivity contribution < 1.29 is 9.13 Å². The molecular weight excluding hydrogens is 169 g/mol. The lowest BCUT2D eigenvalue weighted by atomic mass is 10.1. The van der Waals surface area contributed by atoms with E-state index in [4.69, 9.17) is 10.5 Å². The van der Waals surface area contributed by atoms with Gasteiger partial charge in [0.25, 0.3) is 0 Å². The lowest BCUT2D eigenvalue weighted by molar-refractivity contribution is 0.386. The molecule has 1 aromatic rings. The average molecular weight is 181 g/mol. The van der Waals surface area contributed by atoms with Crippen molar-refractivity contribution in [3.05, 3.63) is 42.2 Å². The number of methoxy groups -OCH3 is 1. The summed E-state index contributed by atoms with van der Waals surface area (Å²) in [4.78, 5) is 0. The average Bonchev–Trinajstić information content (AvgIpc) is 2.16. The van der Waals surface area contributed by atoms with Crippen molar-refractivity contribution in [3.63, 3.8) is 0 Å². The minimum atomic E-state index is -0.405. The standard InChI is InChI=1S/C10H12FNO/c1-3-9(12)7-4-5-10(13-2)8(11)6-7/h3-6,9H,1,12H2,2H3. The lowest BCUT2D eigenvalue weighted by Gasteiger charge is -2.08. The molecule has 0 aliphatic heterocycles. The zero-order chi connectivity index (χ0) is 9.84. The Balaban J connectivity index is 3.02. The third kappa shape index (κ3) is 2.06. The fourth-order valence-electron chi connectivity index (χ4n) is 1.03. The summed E-state index contributed by atoms with van der Waals surface area (Å²) >= 11 is 0. The molecule has 0 bridgehead atoms. The molecule has 70 valence electrons. The normalized spacial score (nSPS) is 12.2. The molecule has 3 heteroatoms. The van der Waals surface area contributed by atoms with Crippen LogP contribution in [0.5, 0.6) is 5.75 Å². The smallest absolute Gasteiger partial charge is 0.165 e. The molecule has 0 fully saturated rings. The minimum Gasteiger partial charge on any atom is -0.494 e. The van der Waals surface area contributed by atoms with Gasteiger partial charge in [-0.1, -0.05) is 12.1 Å². The minimum absolute atomic E-state index is 0.222. The van der Waals surface area contributed by atoms with E-state index in [9.17, 15) is 4.39 Å². The Hall–Kier alpha value is -1.35. The van der Waals surface area contributed by atoms with E-state index in [1.54, 1.807) is 18.2 Å². The Kier molecular flexibility index (Phi) is 3.03. The second kappa shape index (κ2) is 4.05. The summed E-state index contributed by atoms with van der Waals surface area (Å²) in [5.41, 5.74) is 6.32. The highest BCUT2D eigenvalue weighted by Crippen LogP contribution is 2.20. The van der Waals surface area contributed by atoms with E-state index in [2.05, 4.69) is 6.58 Å². The highest BCUT2D eigenvalue weighted by molar-refractivity contribution is 5.32. The highest BCUT2D eigenvalue weighted by atomic mass is 19.1. The van der Waals surface area contributed by atoms with Crippen LogP contribution in [-0.2, 0) is 0 Å². The molecule has 0 aromatic heterocycles. The Morgan fingerprint density at radius 3 is 2.77 bits per heavy atom. The number of rotatable bonds is 3. The molecule has 1 rings (SSSR count). The first kappa shape index (κ1) is 9.74. The van der Waals surface area contributed by atoms with Gasteiger partial charge in [0.05, 0.1) is 7.11 Å². The van der Waals surface area contributed by atoms with Crippen LogP contribution in [0.15, 0.2) is 30.9 Å². The van der Waals surface area contributed by atoms with E-state index in [1.807, 2.05) is 0 Å². The largest absolute Gasteiger partial charge is 0.494 e. The topological polar surface area (TPSA) is 35.2 Å². The zero-order valence-electron chi connectivity index (χ0n) is 7.46. The SMILES string of the molecule is C=CC(N)c1ccc(OC)c(F)c1. The van der Waals surface area contributed by atoms with Gasteiger partial charge in [-0.3, -0.25) is 0 Å². The first-order valence-electron chi connectivity index (χ1n) is 3.90. The van der Waals surface area contributed by atoms with Crippen molar-refractivity contribution in [2.24, 2.45) is 5.73 Å². The van der Waals surface area contributed by atoms with Gasteiger partial charge >= 0.3 is 0 Å². The molecular formula is C10H12FNO. The number of hydrogen-bond donors (Lipinski definition) is 1. The van der Waals surface area contributed by atoms with Crippen LogP contribution in [0.2, 0.25) is 0 Å². The van der Waals surface area contributed by atoms with Crippen molar-refractivity contribution in [1.82, 2.24) is 0 Å². The molecule has 2 nitrogen and oxygen atoms in total. The zero-order valence-corrected chi connectivity index (χ0v) is 7.46. The molecule has 0 aliphatic rings. The van der Waals surface area contributed by atoms with Crippen LogP contribution < -0.4 is 10.5 Å². The van der Waals surface area contributed by atoms with Gasteiger partial charge in [-0.2, -0.15) is 0 Å². The van der Waals surface area contributed by atoms with Crippen molar-refractivity contribution >= 4 is 0 Å². The molecule has 1 aromatic carbocycles. The molecule has 1 atom stereocenters. The maximum absolute atomic E-state index is 13.1. The Morgan fingerprint density at radius 2 is 2.31 bits per heavy atom. The molecule has 1 unspecified atom stereocenters. The van der Waals surface area contributed by atoms with E-state index in [0.29, 0.717) is 5.56 Å². The molecule has 0 saturated carbocycles. The summed E-state index contributed by atoms with van der Waals surface area (Å²) in [6, 6.07) is 4.29. The van der Waals surface area contributed by atoms with E-state index < -0.39 is 5.82 Å². The van der Waals surface area contributed by atoms with Crippen LogP contribution in [0.3, 0.4) is 0 Å². The summed E-state index contributed by atoms with van der Waals surface area (Å²) in [6.07, 6.45) is 1.56. The van der Waals surface area contributed by atoms with Gasteiger partial charge < -0.3 is 10.5 Å². The van der Waals surface area contributed by atoms with Crippen molar-refractivity contribution in [2.45, 2.75) is 6.04 Å². The number of ether oxygens (including phenoxy) is 1. The quantitative estimate of drug-likeness (QED) is 0.724. The van der Waals surface area contributed by atoms with Crippen LogP contribution in [0.25, 0.3) is 0 Å². The van der Waals surface area contributed by atoms with Gasteiger partial charge in [-0.25, -0.2) is 4.39 Å². The predicted octanol–water partition coefficient (Wildman–Crippen LogP) is 2.02. The maximum Gasteiger partial charge on any atom is 0.165 e. The van der Waals surface area contributed by atoms with Crippen LogP contribution in [0, 0.1) is 5.82 Å². The van der Waals surface area contributed by atoms with Crippen molar-refractivity contribution in [2.75, 3.05) is 7.11 Å². The Labute approximate surface area is 76.8 Å². The van der Waals surface area contributed by atoms with Crippen LogP contribution in [0.4, 0.5) is 4.39 Å². The summed E-state index contributed by atoms with van der Waals surface area (Å²) < 4.78 is 17.9. The summed E-state index contributed by atoms with van der Waals surface area (Å²) in [5.74, 6) is -0.183. The summed E-state index contributed by atoms with van der Waals surface area (Å²) in [7, 11) is 1.42.